The molecule has 0 saturated heterocycles. The molecule has 2 aromatic carbocycles. The molecule has 134 valence electrons. The molecule has 0 radical (unpaired) electrons. The molecule has 0 aliphatic rings. The summed E-state index contributed by atoms with van der Waals surface area (Å²) in [6.45, 7) is 1.96. The Kier molecular flexibility index (Phi) is 5.69. The maximum Gasteiger partial charge on any atom is 0.271 e. The first-order valence-corrected chi connectivity index (χ1v) is 8.34. The third kappa shape index (κ3) is 5.09. The van der Waals surface area contributed by atoms with Crippen LogP contribution in [-0.2, 0) is 0 Å². The van der Waals surface area contributed by atoms with Crippen molar-refractivity contribution in [3.05, 3.63) is 95.3 Å². The SMILES string of the molecule is Cc1ccc(C(=O)Nc2cccc(C(=O)N/N=C\c3ccccn3)c2)cc1. The minimum atomic E-state index is -0.381. The maximum absolute atomic E-state index is 12.3. The first kappa shape index (κ1) is 18.0. The topological polar surface area (TPSA) is 83.5 Å². The predicted octanol–water partition coefficient (Wildman–Crippen LogP) is 3.41. The van der Waals surface area contributed by atoms with Crippen molar-refractivity contribution in [2.24, 2.45) is 5.10 Å². The number of amides is 2. The molecule has 27 heavy (non-hydrogen) atoms. The summed E-state index contributed by atoms with van der Waals surface area (Å²) in [5, 5.41) is 6.68. The van der Waals surface area contributed by atoms with Crippen molar-refractivity contribution in [3.63, 3.8) is 0 Å². The van der Waals surface area contributed by atoms with Crippen molar-refractivity contribution >= 4 is 23.7 Å². The second kappa shape index (κ2) is 8.53. The molecule has 0 aliphatic heterocycles. The van der Waals surface area contributed by atoms with Crippen LogP contribution in [0.5, 0.6) is 0 Å². The number of nitrogens with zero attached hydrogens (tertiary/aromatic N) is 2. The summed E-state index contributed by atoms with van der Waals surface area (Å²) >= 11 is 0. The van der Waals surface area contributed by atoms with Crippen LogP contribution in [-0.4, -0.2) is 23.0 Å². The largest absolute Gasteiger partial charge is 0.322 e. The van der Waals surface area contributed by atoms with Crippen molar-refractivity contribution in [2.75, 3.05) is 5.32 Å². The monoisotopic (exact) mass is 358 g/mol. The number of aryl methyl sites for hydroxylation is 1. The van der Waals surface area contributed by atoms with Gasteiger partial charge in [0.15, 0.2) is 0 Å². The van der Waals surface area contributed by atoms with E-state index in [4.69, 9.17) is 0 Å². The molecule has 0 saturated carbocycles. The van der Waals surface area contributed by atoms with Gasteiger partial charge in [-0.1, -0.05) is 29.8 Å². The number of aromatic nitrogens is 1. The standard InChI is InChI=1S/C21H18N4O2/c1-15-8-10-16(11-9-15)20(26)24-18-7-4-5-17(13-18)21(27)25-23-14-19-6-2-3-12-22-19/h2-14H,1H3,(H,24,26)(H,25,27)/b23-14-. The van der Waals surface area contributed by atoms with Gasteiger partial charge in [-0.05, 0) is 49.4 Å². The zero-order chi connectivity index (χ0) is 19.1. The Hall–Kier alpha value is -3.80. The predicted molar refractivity (Wildman–Crippen MR) is 105 cm³/mol. The van der Waals surface area contributed by atoms with Gasteiger partial charge in [0.25, 0.3) is 11.8 Å². The maximum atomic E-state index is 12.3. The minimum Gasteiger partial charge on any atom is -0.322 e. The van der Waals surface area contributed by atoms with Gasteiger partial charge in [-0.2, -0.15) is 5.10 Å². The van der Waals surface area contributed by atoms with Crippen molar-refractivity contribution in [3.8, 4) is 0 Å². The molecule has 0 fully saturated rings. The second-order valence-corrected chi connectivity index (χ2v) is 5.85. The Morgan fingerprint density at radius 3 is 2.48 bits per heavy atom. The molecule has 3 rings (SSSR count). The summed E-state index contributed by atoms with van der Waals surface area (Å²) in [4.78, 5) is 28.6. The smallest absolute Gasteiger partial charge is 0.271 e. The molecule has 3 aromatic rings. The van der Waals surface area contributed by atoms with Crippen molar-refractivity contribution in [1.29, 1.82) is 0 Å². The summed E-state index contributed by atoms with van der Waals surface area (Å²) in [6, 6.07) is 19.3. The minimum absolute atomic E-state index is 0.235. The number of hydrogen-bond acceptors (Lipinski definition) is 4. The Bertz CT molecular complexity index is 967. The lowest BCUT2D eigenvalue weighted by Gasteiger charge is -2.07. The van der Waals surface area contributed by atoms with Gasteiger partial charge < -0.3 is 5.32 Å². The van der Waals surface area contributed by atoms with Gasteiger partial charge in [0.1, 0.15) is 0 Å². The molecule has 6 heteroatoms. The van der Waals surface area contributed by atoms with Crippen LogP contribution in [0.15, 0.2) is 78.0 Å². The number of pyridine rings is 1. The highest BCUT2D eigenvalue weighted by Gasteiger charge is 2.09. The van der Waals surface area contributed by atoms with E-state index in [1.807, 2.05) is 25.1 Å². The van der Waals surface area contributed by atoms with E-state index < -0.39 is 0 Å². The van der Waals surface area contributed by atoms with E-state index in [1.165, 1.54) is 6.21 Å². The van der Waals surface area contributed by atoms with Crippen LogP contribution < -0.4 is 10.7 Å². The average Bonchev–Trinajstić information content (AvgIpc) is 2.69. The van der Waals surface area contributed by atoms with Gasteiger partial charge in [-0.15, -0.1) is 0 Å². The van der Waals surface area contributed by atoms with Crippen LogP contribution in [0, 0.1) is 6.92 Å². The van der Waals surface area contributed by atoms with Crippen LogP contribution in [0.1, 0.15) is 32.0 Å². The highest BCUT2D eigenvalue weighted by Crippen LogP contribution is 2.13. The van der Waals surface area contributed by atoms with Crippen molar-refractivity contribution < 1.29 is 9.59 Å². The fourth-order valence-electron chi connectivity index (χ4n) is 2.32. The molecule has 6 nitrogen and oxygen atoms in total. The lowest BCUT2D eigenvalue weighted by molar-refractivity contribution is 0.0953. The number of hydrogen-bond donors (Lipinski definition) is 2. The number of carbonyl (C=O) groups excluding carboxylic acids is 2. The van der Waals surface area contributed by atoms with E-state index in [1.54, 1.807) is 54.7 Å². The molecule has 0 bridgehead atoms. The normalized spacial score (nSPS) is 10.6. The summed E-state index contributed by atoms with van der Waals surface area (Å²) in [6.07, 6.45) is 3.10. The van der Waals surface area contributed by atoms with Gasteiger partial charge in [0, 0.05) is 23.0 Å². The van der Waals surface area contributed by atoms with Crippen LogP contribution in [0.2, 0.25) is 0 Å². The van der Waals surface area contributed by atoms with Crippen LogP contribution in [0.4, 0.5) is 5.69 Å². The van der Waals surface area contributed by atoms with Crippen molar-refractivity contribution in [2.45, 2.75) is 6.92 Å². The van der Waals surface area contributed by atoms with E-state index in [2.05, 4.69) is 20.8 Å². The Morgan fingerprint density at radius 1 is 0.926 bits per heavy atom. The van der Waals surface area contributed by atoms with E-state index in [0.29, 0.717) is 22.5 Å². The number of nitrogens with one attached hydrogen (secondary N) is 2. The van der Waals surface area contributed by atoms with Crippen LogP contribution in [0.25, 0.3) is 0 Å². The lowest BCUT2D eigenvalue weighted by atomic mass is 10.1. The Labute approximate surface area is 157 Å². The van der Waals surface area contributed by atoms with Gasteiger partial charge >= 0.3 is 0 Å². The molecule has 0 aliphatic carbocycles. The van der Waals surface area contributed by atoms with Gasteiger partial charge in [0.2, 0.25) is 0 Å². The molecular formula is C21H18N4O2. The van der Waals surface area contributed by atoms with Crippen molar-refractivity contribution in [1.82, 2.24) is 10.4 Å². The summed E-state index contributed by atoms with van der Waals surface area (Å²) in [5.74, 6) is -0.616. The van der Waals surface area contributed by atoms with Gasteiger partial charge in [-0.25, -0.2) is 5.43 Å². The quantitative estimate of drug-likeness (QED) is 0.541. The Balaban J connectivity index is 1.64. The number of hydrazone groups is 1. The zero-order valence-electron chi connectivity index (χ0n) is 14.7. The molecular weight excluding hydrogens is 340 g/mol. The third-order valence-electron chi connectivity index (χ3n) is 3.75. The Morgan fingerprint density at radius 2 is 1.74 bits per heavy atom. The van der Waals surface area contributed by atoms with Crippen LogP contribution >= 0.6 is 0 Å². The molecule has 0 atom stereocenters. The van der Waals surface area contributed by atoms with Crippen LogP contribution in [0.3, 0.4) is 0 Å². The second-order valence-electron chi connectivity index (χ2n) is 5.85. The number of anilines is 1. The number of carbonyl (C=O) groups is 2. The molecule has 0 unspecified atom stereocenters. The summed E-state index contributed by atoms with van der Waals surface area (Å²) < 4.78 is 0. The fourth-order valence-corrected chi connectivity index (χ4v) is 2.32. The average molecular weight is 358 g/mol. The number of benzene rings is 2. The van der Waals surface area contributed by atoms with E-state index in [0.717, 1.165) is 5.56 Å². The first-order valence-electron chi connectivity index (χ1n) is 8.34. The highest BCUT2D eigenvalue weighted by atomic mass is 16.2. The lowest BCUT2D eigenvalue weighted by Crippen LogP contribution is -2.18. The third-order valence-corrected chi connectivity index (χ3v) is 3.75. The molecule has 1 aromatic heterocycles. The summed E-state index contributed by atoms with van der Waals surface area (Å²) in [5.41, 5.74) is 5.62. The highest BCUT2D eigenvalue weighted by molar-refractivity contribution is 6.05. The molecule has 2 amide bonds. The van der Waals surface area contributed by atoms with E-state index >= 15 is 0 Å². The number of rotatable bonds is 5. The zero-order valence-corrected chi connectivity index (χ0v) is 14.7. The molecule has 0 spiro atoms. The molecule has 1 heterocycles. The van der Waals surface area contributed by atoms with Gasteiger partial charge in [-0.3, -0.25) is 14.6 Å². The molecule has 2 N–H and O–H groups in total. The fraction of sp³-hybridized carbons (Fsp3) is 0.0476. The van der Waals surface area contributed by atoms with Gasteiger partial charge in [0.05, 0.1) is 11.9 Å². The van der Waals surface area contributed by atoms with E-state index in [9.17, 15) is 9.59 Å². The summed E-state index contributed by atoms with van der Waals surface area (Å²) in [7, 11) is 0. The first-order chi connectivity index (χ1) is 13.1. The van der Waals surface area contributed by atoms with E-state index in [-0.39, 0.29) is 11.8 Å².